The van der Waals surface area contributed by atoms with Crippen LogP contribution in [0.4, 0.5) is 11.8 Å². The zero-order valence-corrected chi connectivity index (χ0v) is 15.4. The van der Waals surface area contributed by atoms with Crippen molar-refractivity contribution in [1.29, 1.82) is 0 Å². The first-order valence-electron chi connectivity index (χ1n) is 8.28. The third-order valence-corrected chi connectivity index (χ3v) is 3.53. The van der Waals surface area contributed by atoms with E-state index < -0.39 is 0 Å². The van der Waals surface area contributed by atoms with E-state index in [1.54, 1.807) is 19.5 Å². The monoisotopic (exact) mass is 356 g/mol. The summed E-state index contributed by atoms with van der Waals surface area (Å²) in [4.78, 5) is 7.85. The maximum Gasteiger partial charge on any atom is 0.222 e. The Morgan fingerprint density at radius 3 is 2.54 bits per heavy atom. The third kappa shape index (κ3) is 4.69. The number of methoxy groups -OCH3 is 1. The molecule has 0 atom stereocenters. The summed E-state index contributed by atoms with van der Waals surface area (Å²) in [6, 6.07) is 3.74. The van der Waals surface area contributed by atoms with Crippen LogP contribution in [0.2, 0.25) is 0 Å². The first-order valence-corrected chi connectivity index (χ1v) is 8.28. The normalized spacial score (nSPS) is 11.6. The van der Waals surface area contributed by atoms with Crippen LogP contribution in [-0.2, 0) is 0 Å². The van der Waals surface area contributed by atoms with Gasteiger partial charge >= 0.3 is 0 Å². The molecule has 0 bridgehead atoms. The molecule has 0 aliphatic carbocycles. The van der Waals surface area contributed by atoms with E-state index in [9.17, 15) is 0 Å². The van der Waals surface area contributed by atoms with Gasteiger partial charge in [-0.15, -0.1) is 0 Å². The highest BCUT2D eigenvalue weighted by molar-refractivity contribution is 5.85. The maximum absolute atomic E-state index is 5.96. The van der Waals surface area contributed by atoms with Gasteiger partial charge in [0.25, 0.3) is 0 Å². The second kappa shape index (κ2) is 8.80. The first-order chi connectivity index (χ1) is 12.5. The summed E-state index contributed by atoms with van der Waals surface area (Å²) >= 11 is 0. The number of rotatable bonds is 7. The second-order valence-electron chi connectivity index (χ2n) is 5.82. The van der Waals surface area contributed by atoms with Crippen molar-refractivity contribution in [1.82, 2.24) is 9.97 Å². The summed E-state index contributed by atoms with van der Waals surface area (Å²) in [5.41, 5.74) is 13.1. The number of benzene rings is 1. The van der Waals surface area contributed by atoms with E-state index >= 15 is 0 Å². The average molecular weight is 356 g/mol. The summed E-state index contributed by atoms with van der Waals surface area (Å²) in [5, 5.41) is 7.98. The Balaban J connectivity index is 2.47. The number of hydrogen-bond donors (Lipinski definition) is 2. The van der Waals surface area contributed by atoms with Crippen LogP contribution in [-0.4, -0.2) is 29.5 Å². The SMILES string of the molecule is CCC=NN=Cc1cc(Oc2cnc(N)nc2N)c(C(C)C)cc1OC. The average Bonchev–Trinajstić information content (AvgIpc) is 2.61. The molecule has 0 fully saturated rings. The van der Waals surface area contributed by atoms with E-state index in [0.29, 0.717) is 17.2 Å². The Labute approximate surface area is 153 Å². The Bertz CT molecular complexity index is 818. The molecule has 0 spiro atoms. The summed E-state index contributed by atoms with van der Waals surface area (Å²) in [6.45, 7) is 6.11. The third-order valence-electron chi connectivity index (χ3n) is 3.53. The Morgan fingerprint density at radius 2 is 1.92 bits per heavy atom. The highest BCUT2D eigenvalue weighted by Gasteiger charge is 2.16. The Morgan fingerprint density at radius 1 is 1.15 bits per heavy atom. The van der Waals surface area contributed by atoms with Gasteiger partial charge in [-0.05, 0) is 24.5 Å². The van der Waals surface area contributed by atoms with Crippen molar-refractivity contribution in [2.45, 2.75) is 33.1 Å². The molecule has 2 aromatic rings. The van der Waals surface area contributed by atoms with Gasteiger partial charge in [-0.1, -0.05) is 20.8 Å². The van der Waals surface area contributed by atoms with Gasteiger partial charge in [-0.25, -0.2) is 4.98 Å². The fourth-order valence-electron chi connectivity index (χ4n) is 2.23. The number of anilines is 2. The molecular weight excluding hydrogens is 332 g/mol. The fourth-order valence-corrected chi connectivity index (χ4v) is 2.23. The van der Waals surface area contributed by atoms with Crippen molar-refractivity contribution < 1.29 is 9.47 Å². The van der Waals surface area contributed by atoms with Gasteiger partial charge in [0.1, 0.15) is 11.5 Å². The van der Waals surface area contributed by atoms with E-state index in [2.05, 4.69) is 34.0 Å². The van der Waals surface area contributed by atoms with Crippen LogP contribution in [0.25, 0.3) is 0 Å². The molecule has 1 aromatic heterocycles. The molecule has 8 nitrogen and oxygen atoms in total. The number of nitrogens with two attached hydrogens (primary N) is 2. The fraction of sp³-hybridized carbons (Fsp3) is 0.333. The topological polar surface area (TPSA) is 121 Å². The molecular formula is C18H24N6O2. The van der Waals surface area contributed by atoms with Crippen molar-refractivity contribution in [2.24, 2.45) is 10.2 Å². The van der Waals surface area contributed by atoms with E-state index in [4.69, 9.17) is 20.9 Å². The van der Waals surface area contributed by atoms with Crippen molar-refractivity contribution in [2.75, 3.05) is 18.6 Å². The van der Waals surface area contributed by atoms with Gasteiger partial charge in [-0.3, -0.25) is 0 Å². The van der Waals surface area contributed by atoms with E-state index in [1.165, 1.54) is 6.20 Å². The van der Waals surface area contributed by atoms with E-state index in [-0.39, 0.29) is 17.7 Å². The van der Waals surface area contributed by atoms with Crippen LogP contribution >= 0.6 is 0 Å². The van der Waals surface area contributed by atoms with Crippen molar-refractivity contribution in [3.63, 3.8) is 0 Å². The molecule has 0 unspecified atom stereocenters. The lowest BCUT2D eigenvalue weighted by Gasteiger charge is -2.17. The highest BCUT2D eigenvalue weighted by atomic mass is 16.5. The minimum Gasteiger partial charge on any atom is -0.496 e. The summed E-state index contributed by atoms with van der Waals surface area (Å²) in [7, 11) is 1.61. The maximum atomic E-state index is 5.96. The van der Waals surface area contributed by atoms with Gasteiger partial charge < -0.3 is 20.9 Å². The lowest BCUT2D eigenvalue weighted by Crippen LogP contribution is -2.03. The second-order valence-corrected chi connectivity index (χ2v) is 5.82. The molecule has 0 saturated carbocycles. The zero-order valence-electron chi connectivity index (χ0n) is 15.4. The van der Waals surface area contributed by atoms with Gasteiger partial charge in [0.2, 0.25) is 5.95 Å². The van der Waals surface area contributed by atoms with Crippen molar-refractivity contribution >= 4 is 24.2 Å². The summed E-state index contributed by atoms with van der Waals surface area (Å²) in [5.74, 6) is 2.08. The van der Waals surface area contributed by atoms with Crippen molar-refractivity contribution in [3.05, 3.63) is 29.5 Å². The number of nitrogen functional groups attached to an aromatic ring is 2. The van der Waals surface area contributed by atoms with Gasteiger partial charge in [-0.2, -0.15) is 15.2 Å². The molecule has 138 valence electrons. The molecule has 0 aliphatic heterocycles. The largest absolute Gasteiger partial charge is 0.496 e. The van der Waals surface area contributed by atoms with Crippen LogP contribution < -0.4 is 20.9 Å². The molecule has 0 amide bonds. The Kier molecular flexibility index (Phi) is 6.48. The van der Waals surface area contributed by atoms with Crippen LogP contribution in [0, 0.1) is 0 Å². The van der Waals surface area contributed by atoms with E-state index in [0.717, 1.165) is 17.5 Å². The molecule has 0 aliphatic rings. The minimum absolute atomic E-state index is 0.0928. The van der Waals surface area contributed by atoms with Gasteiger partial charge in [0.15, 0.2) is 11.6 Å². The van der Waals surface area contributed by atoms with Crippen molar-refractivity contribution in [3.8, 4) is 17.2 Å². The Hall–Kier alpha value is -3.16. The van der Waals surface area contributed by atoms with Crippen LogP contribution in [0.3, 0.4) is 0 Å². The van der Waals surface area contributed by atoms with Gasteiger partial charge in [0, 0.05) is 17.3 Å². The molecule has 8 heteroatoms. The number of nitrogens with zero attached hydrogens (tertiary/aromatic N) is 4. The highest BCUT2D eigenvalue weighted by Crippen LogP contribution is 2.36. The quantitative estimate of drug-likeness (QED) is 0.579. The summed E-state index contributed by atoms with van der Waals surface area (Å²) in [6.07, 6.45) is 5.59. The molecule has 2 rings (SSSR count). The number of ether oxygens (including phenoxy) is 2. The zero-order chi connectivity index (χ0) is 19.1. The summed E-state index contributed by atoms with van der Waals surface area (Å²) < 4.78 is 11.4. The molecule has 0 saturated heterocycles. The smallest absolute Gasteiger partial charge is 0.222 e. The predicted octanol–water partition coefficient (Wildman–Crippen LogP) is 3.38. The molecule has 1 heterocycles. The molecule has 4 N–H and O–H groups in total. The molecule has 0 radical (unpaired) electrons. The van der Waals surface area contributed by atoms with E-state index in [1.807, 2.05) is 19.1 Å². The number of hydrogen-bond acceptors (Lipinski definition) is 8. The molecule has 1 aromatic carbocycles. The minimum atomic E-state index is 0.0928. The lowest BCUT2D eigenvalue weighted by molar-refractivity contribution is 0.410. The number of aromatic nitrogens is 2. The van der Waals surface area contributed by atoms with Crippen LogP contribution in [0.1, 0.15) is 44.2 Å². The van der Waals surface area contributed by atoms with Crippen LogP contribution in [0.5, 0.6) is 17.2 Å². The predicted molar refractivity (Wildman–Crippen MR) is 104 cm³/mol. The van der Waals surface area contributed by atoms with Crippen LogP contribution in [0.15, 0.2) is 28.5 Å². The lowest BCUT2D eigenvalue weighted by atomic mass is 9.99. The van der Waals surface area contributed by atoms with Gasteiger partial charge in [0.05, 0.1) is 19.5 Å². The molecule has 26 heavy (non-hydrogen) atoms. The standard InChI is InChI=1S/C18H24N6O2/c1-5-6-22-23-9-12-7-15(13(11(2)3)8-14(12)25-4)26-16-10-21-18(20)24-17(16)19/h6-11H,5H2,1-4H3,(H4,19,20,21,24). The first kappa shape index (κ1) is 19.2.